The summed E-state index contributed by atoms with van der Waals surface area (Å²) in [6.07, 6.45) is 1.85. The van der Waals surface area contributed by atoms with Gasteiger partial charge in [0.1, 0.15) is 0 Å². The van der Waals surface area contributed by atoms with Crippen molar-refractivity contribution in [3.63, 3.8) is 0 Å². The zero-order chi connectivity index (χ0) is 10.8. The number of fused-ring (bicyclic) bond motifs is 1. The van der Waals surface area contributed by atoms with Crippen LogP contribution in [-0.4, -0.2) is 17.0 Å². The van der Waals surface area contributed by atoms with Gasteiger partial charge in [-0.1, -0.05) is 18.2 Å². The zero-order valence-corrected chi connectivity index (χ0v) is 8.87. The van der Waals surface area contributed by atoms with Crippen LogP contribution in [0.3, 0.4) is 0 Å². The van der Waals surface area contributed by atoms with Gasteiger partial charge in [0.2, 0.25) is 5.90 Å². The molecule has 2 aromatic rings. The second kappa shape index (κ2) is 3.77. The molecule has 0 unspecified atom stereocenters. The molecule has 0 saturated carbocycles. The van der Waals surface area contributed by atoms with Gasteiger partial charge in [0, 0.05) is 17.1 Å². The first kappa shape index (κ1) is 9.77. The van der Waals surface area contributed by atoms with Crippen molar-refractivity contribution in [2.75, 3.05) is 0 Å². The summed E-state index contributed by atoms with van der Waals surface area (Å²) in [6.45, 7) is 3.84. The molecule has 0 fully saturated rings. The molecular weight excluding hydrogens is 188 g/mol. The lowest BCUT2D eigenvalue weighted by atomic mass is 10.2. The number of aromatic nitrogens is 1. The number of hydrogen-bond acceptors (Lipinski definition) is 2. The predicted molar refractivity (Wildman–Crippen MR) is 61.3 cm³/mol. The highest BCUT2D eigenvalue weighted by molar-refractivity contribution is 6.05. The number of aromatic amines is 1. The summed E-state index contributed by atoms with van der Waals surface area (Å²) in [4.78, 5) is 3.12. The molecule has 0 amide bonds. The number of nitrogens with one attached hydrogen (secondary N) is 2. The van der Waals surface area contributed by atoms with Gasteiger partial charge < -0.3 is 9.72 Å². The average Bonchev–Trinajstić information content (AvgIpc) is 2.59. The number of para-hydroxylation sites is 1. The lowest BCUT2D eigenvalue weighted by Gasteiger charge is -2.09. The van der Waals surface area contributed by atoms with Crippen LogP contribution in [0.1, 0.15) is 19.4 Å². The molecule has 2 rings (SSSR count). The Morgan fingerprint density at radius 3 is 2.80 bits per heavy atom. The Hall–Kier alpha value is -1.77. The van der Waals surface area contributed by atoms with Crippen molar-refractivity contribution in [1.82, 2.24) is 4.98 Å². The van der Waals surface area contributed by atoms with E-state index in [1.807, 2.05) is 44.3 Å². The summed E-state index contributed by atoms with van der Waals surface area (Å²) in [5, 5.41) is 8.85. The van der Waals surface area contributed by atoms with Crippen LogP contribution < -0.4 is 0 Å². The van der Waals surface area contributed by atoms with Crippen LogP contribution >= 0.6 is 0 Å². The molecule has 0 aliphatic carbocycles. The Labute approximate surface area is 88.6 Å². The standard InChI is InChI=1S/C12H14N2O/c1-8(2)15-12(13)10-7-14-11-6-4-3-5-9(10)11/h3-8,13-14H,1-2H3. The molecule has 3 nitrogen and oxygen atoms in total. The Morgan fingerprint density at radius 1 is 1.33 bits per heavy atom. The molecule has 0 saturated heterocycles. The Kier molecular flexibility index (Phi) is 2.46. The summed E-state index contributed by atoms with van der Waals surface area (Å²) in [5.74, 6) is 0.224. The third-order valence-electron chi connectivity index (χ3n) is 2.19. The van der Waals surface area contributed by atoms with E-state index in [1.54, 1.807) is 0 Å². The number of H-pyrrole nitrogens is 1. The maximum Gasteiger partial charge on any atom is 0.215 e. The molecule has 0 aliphatic rings. The third kappa shape index (κ3) is 1.86. The number of hydrogen-bond donors (Lipinski definition) is 2. The van der Waals surface area contributed by atoms with Crippen LogP contribution in [0.5, 0.6) is 0 Å². The maximum atomic E-state index is 7.82. The van der Waals surface area contributed by atoms with Crippen LogP contribution in [0.2, 0.25) is 0 Å². The van der Waals surface area contributed by atoms with Gasteiger partial charge in [0.05, 0.1) is 11.7 Å². The van der Waals surface area contributed by atoms with E-state index in [0.717, 1.165) is 16.5 Å². The zero-order valence-electron chi connectivity index (χ0n) is 8.87. The van der Waals surface area contributed by atoms with Gasteiger partial charge in [-0.15, -0.1) is 0 Å². The molecule has 0 bridgehead atoms. The van der Waals surface area contributed by atoms with Gasteiger partial charge in [-0.25, -0.2) is 0 Å². The van der Waals surface area contributed by atoms with Crippen molar-refractivity contribution >= 4 is 16.8 Å². The van der Waals surface area contributed by atoms with E-state index < -0.39 is 0 Å². The minimum atomic E-state index is 0.0335. The predicted octanol–water partition coefficient (Wildman–Crippen LogP) is 2.92. The monoisotopic (exact) mass is 202 g/mol. The van der Waals surface area contributed by atoms with Gasteiger partial charge in [-0.05, 0) is 19.9 Å². The van der Waals surface area contributed by atoms with Gasteiger partial charge in [0.25, 0.3) is 0 Å². The molecule has 78 valence electrons. The fraction of sp³-hybridized carbons (Fsp3) is 0.250. The molecule has 1 aromatic heterocycles. The van der Waals surface area contributed by atoms with E-state index in [4.69, 9.17) is 10.1 Å². The molecule has 1 heterocycles. The number of ether oxygens (including phenoxy) is 1. The topological polar surface area (TPSA) is 48.9 Å². The number of benzene rings is 1. The maximum absolute atomic E-state index is 7.82. The first-order valence-electron chi connectivity index (χ1n) is 5.00. The molecule has 0 radical (unpaired) electrons. The summed E-state index contributed by atoms with van der Waals surface area (Å²) in [5.41, 5.74) is 1.85. The quantitative estimate of drug-likeness (QED) is 0.571. The molecule has 3 heteroatoms. The van der Waals surface area contributed by atoms with Gasteiger partial charge in [-0.2, -0.15) is 0 Å². The minimum Gasteiger partial charge on any atom is -0.475 e. The van der Waals surface area contributed by atoms with Crippen molar-refractivity contribution in [1.29, 1.82) is 5.41 Å². The fourth-order valence-electron chi connectivity index (χ4n) is 1.56. The normalized spacial score (nSPS) is 10.9. The third-order valence-corrected chi connectivity index (χ3v) is 2.19. The van der Waals surface area contributed by atoms with Crippen LogP contribution in [-0.2, 0) is 4.74 Å². The van der Waals surface area contributed by atoms with Crippen molar-refractivity contribution in [2.45, 2.75) is 20.0 Å². The SMILES string of the molecule is CC(C)OC(=N)c1c[nH]c2ccccc12. The molecular formula is C12H14N2O. The molecule has 2 N–H and O–H groups in total. The highest BCUT2D eigenvalue weighted by Crippen LogP contribution is 2.18. The first-order chi connectivity index (χ1) is 7.18. The summed E-state index contributed by atoms with van der Waals surface area (Å²) < 4.78 is 5.37. The van der Waals surface area contributed by atoms with Crippen LogP contribution in [0.15, 0.2) is 30.5 Å². The highest BCUT2D eigenvalue weighted by atomic mass is 16.5. The lowest BCUT2D eigenvalue weighted by molar-refractivity contribution is 0.227. The molecule has 0 atom stereocenters. The molecule has 15 heavy (non-hydrogen) atoms. The van der Waals surface area contributed by atoms with E-state index in [2.05, 4.69) is 4.98 Å². The first-order valence-corrected chi connectivity index (χ1v) is 5.00. The summed E-state index contributed by atoms with van der Waals surface area (Å²) in [6, 6.07) is 7.90. The highest BCUT2D eigenvalue weighted by Gasteiger charge is 2.10. The largest absolute Gasteiger partial charge is 0.475 e. The van der Waals surface area contributed by atoms with E-state index in [9.17, 15) is 0 Å². The van der Waals surface area contributed by atoms with Crippen LogP contribution in [0.25, 0.3) is 10.9 Å². The molecule has 1 aromatic carbocycles. The van der Waals surface area contributed by atoms with Crippen molar-refractivity contribution in [2.24, 2.45) is 0 Å². The second-order valence-corrected chi connectivity index (χ2v) is 3.74. The van der Waals surface area contributed by atoms with Crippen LogP contribution in [0.4, 0.5) is 0 Å². The fourth-order valence-corrected chi connectivity index (χ4v) is 1.56. The van der Waals surface area contributed by atoms with E-state index in [0.29, 0.717) is 0 Å². The van der Waals surface area contributed by atoms with Crippen molar-refractivity contribution in [3.8, 4) is 0 Å². The summed E-state index contributed by atoms with van der Waals surface area (Å²) in [7, 11) is 0. The van der Waals surface area contributed by atoms with Crippen molar-refractivity contribution in [3.05, 3.63) is 36.0 Å². The average molecular weight is 202 g/mol. The smallest absolute Gasteiger partial charge is 0.215 e. The van der Waals surface area contributed by atoms with E-state index in [1.165, 1.54) is 0 Å². The van der Waals surface area contributed by atoms with E-state index >= 15 is 0 Å². The van der Waals surface area contributed by atoms with Crippen molar-refractivity contribution < 1.29 is 4.74 Å². The van der Waals surface area contributed by atoms with E-state index in [-0.39, 0.29) is 12.0 Å². The summed E-state index contributed by atoms with van der Waals surface area (Å²) >= 11 is 0. The van der Waals surface area contributed by atoms with Gasteiger partial charge >= 0.3 is 0 Å². The molecule has 0 aliphatic heterocycles. The second-order valence-electron chi connectivity index (χ2n) is 3.74. The van der Waals surface area contributed by atoms with Gasteiger partial charge in [-0.3, -0.25) is 5.41 Å². The van der Waals surface area contributed by atoms with Gasteiger partial charge in [0.15, 0.2) is 0 Å². The minimum absolute atomic E-state index is 0.0335. The Balaban J connectivity index is 2.40. The van der Waals surface area contributed by atoms with Crippen LogP contribution in [0, 0.1) is 5.41 Å². The Bertz CT molecular complexity index is 485. The Morgan fingerprint density at radius 2 is 2.07 bits per heavy atom. The molecule has 0 spiro atoms. The number of rotatable bonds is 2. The lowest BCUT2D eigenvalue weighted by Crippen LogP contribution is -2.11.